The van der Waals surface area contributed by atoms with Crippen molar-refractivity contribution in [2.75, 3.05) is 0 Å². The third-order valence-electron chi connectivity index (χ3n) is 5.32. The molecule has 2 rings (SSSR count). The molecule has 1 atom stereocenters. The number of thiol groups is 1. The van der Waals surface area contributed by atoms with Gasteiger partial charge >= 0.3 is 0 Å². The van der Waals surface area contributed by atoms with Crippen molar-refractivity contribution in [1.82, 2.24) is 20.2 Å². The van der Waals surface area contributed by atoms with E-state index >= 15 is 0 Å². The lowest BCUT2D eigenvalue weighted by Gasteiger charge is -2.16. The van der Waals surface area contributed by atoms with Crippen LogP contribution in [0.15, 0.2) is 24.3 Å². The average molecular weight is 403 g/mol. The molecule has 0 saturated carbocycles. The largest absolute Gasteiger partial charge is 0.286 e. The first kappa shape index (κ1) is 22.6. The highest BCUT2D eigenvalue weighted by Gasteiger charge is 2.27. The number of nitrogens with zero attached hydrogens (tertiary/aromatic N) is 4. The van der Waals surface area contributed by atoms with Crippen LogP contribution >= 0.6 is 12.6 Å². The highest BCUT2D eigenvalue weighted by Crippen LogP contribution is 2.28. The Bertz CT molecular complexity index is 716. The molecule has 6 heteroatoms. The highest BCUT2D eigenvalue weighted by molar-refractivity contribution is 7.96. The summed E-state index contributed by atoms with van der Waals surface area (Å²) >= 11 is 4.12. The van der Waals surface area contributed by atoms with E-state index in [1.54, 1.807) is 11.7 Å². The number of benzene rings is 1. The summed E-state index contributed by atoms with van der Waals surface area (Å²) in [5, 5.41) is 11.4. The number of unbranched alkanes of at least 4 members (excludes halogenated alkanes) is 9. The van der Waals surface area contributed by atoms with Crippen molar-refractivity contribution in [2.45, 2.75) is 83.5 Å². The lowest BCUT2D eigenvalue weighted by molar-refractivity contribution is -0.111. The number of hydrogen-bond acceptors (Lipinski definition) is 4. The van der Waals surface area contributed by atoms with Gasteiger partial charge in [0.15, 0.2) is 5.82 Å². The molecule has 0 aliphatic rings. The molecule has 5 nitrogen and oxygen atoms in total. The zero-order chi connectivity index (χ0) is 20.2. The number of hydrogen-bond donors (Lipinski definition) is 1. The minimum atomic E-state index is -0.525. The normalized spacial score (nSPS) is 12.2. The number of aryl methyl sites for hydroxylation is 2. The third kappa shape index (κ3) is 7.04. The van der Waals surface area contributed by atoms with Gasteiger partial charge in [-0.15, -0.1) is 17.7 Å². The maximum atomic E-state index is 12.2. The van der Waals surface area contributed by atoms with E-state index in [4.69, 9.17) is 0 Å². The quantitative estimate of drug-likeness (QED) is 0.346. The molecule has 0 amide bonds. The minimum Gasteiger partial charge on any atom is -0.286 e. The van der Waals surface area contributed by atoms with Crippen LogP contribution in [-0.2, 0) is 18.3 Å². The van der Waals surface area contributed by atoms with Gasteiger partial charge in [-0.2, -0.15) is 0 Å². The molecule has 28 heavy (non-hydrogen) atoms. The van der Waals surface area contributed by atoms with Crippen molar-refractivity contribution in [1.29, 1.82) is 0 Å². The Morgan fingerprint density at radius 2 is 1.61 bits per heavy atom. The van der Waals surface area contributed by atoms with E-state index < -0.39 is 5.92 Å². The van der Waals surface area contributed by atoms with Crippen LogP contribution in [0.5, 0.6) is 0 Å². The summed E-state index contributed by atoms with van der Waals surface area (Å²) in [6, 6.07) is 8.10. The number of aromatic nitrogens is 4. The lowest BCUT2D eigenvalue weighted by Crippen LogP contribution is -2.16. The first-order valence-corrected chi connectivity index (χ1v) is 11.1. The molecule has 154 valence electrons. The topological polar surface area (TPSA) is 60.7 Å². The summed E-state index contributed by atoms with van der Waals surface area (Å²) in [7, 11) is 1.75. The van der Waals surface area contributed by atoms with E-state index in [0.29, 0.717) is 5.82 Å². The molecule has 0 saturated heterocycles. The fourth-order valence-corrected chi connectivity index (χ4v) is 3.96. The van der Waals surface area contributed by atoms with Crippen molar-refractivity contribution in [2.24, 2.45) is 7.05 Å². The molecule has 0 aliphatic heterocycles. The fourth-order valence-electron chi connectivity index (χ4n) is 3.71. The molecule has 0 radical (unpaired) electrons. The monoisotopic (exact) mass is 402 g/mol. The first-order chi connectivity index (χ1) is 13.6. The Hall–Kier alpha value is -1.69. The Labute approximate surface area is 174 Å². The highest BCUT2D eigenvalue weighted by atomic mass is 32.1. The van der Waals surface area contributed by atoms with Crippen molar-refractivity contribution >= 4 is 17.7 Å². The predicted octanol–water partition coefficient (Wildman–Crippen LogP) is 5.26. The van der Waals surface area contributed by atoms with E-state index in [1.165, 1.54) is 63.4 Å². The van der Waals surface area contributed by atoms with Gasteiger partial charge in [0, 0.05) is 7.05 Å². The van der Waals surface area contributed by atoms with E-state index in [0.717, 1.165) is 18.4 Å². The molecule has 1 aromatic carbocycles. The molecule has 1 unspecified atom stereocenters. The Balaban J connectivity index is 1.83. The summed E-state index contributed by atoms with van der Waals surface area (Å²) in [4.78, 5) is 12.2. The minimum absolute atomic E-state index is 0.228. The summed E-state index contributed by atoms with van der Waals surface area (Å²) in [5.74, 6) is 0.0122. The maximum absolute atomic E-state index is 12.2. The van der Waals surface area contributed by atoms with Crippen LogP contribution in [0.3, 0.4) is 0 Å². The van der Waals surface area contributed by atoms with Crippen molar-refractivity contribution < 1.29 is 4.79 Å². The molecule has 2 aromatic rings. The predicted molar refractivity (Wildman–Crippen MR) is 117 cm³/mol. The van der Waals surface area contributed by atoms with Gasteiger partial charge in [-0.05, 0) is 34.4 Å². The Morgan fingerprint density at radius 1 is 1.00 bits per heavy atom. The summed E-state index contributed by atoms with van der Waals surface area (Å²) < 4.78 is 1.55. The molecule has 1 heterocycles. The zero-order valence-electron chi connectivity index (χ0n) is 17.3. The number of rotatable bonds is 14. The van der Waals surface area contributed by atoms with Crippen molar-refractivity contribution in [3.8, 4) is 0 Å². The van der Waals surface area contributed by atoms with Crippen molar-refractivity contribution in [3.05, 3.63) is 41.2 Å². The van der Waals surface area contributed by atoms with Gasteiger partial charge in [0.05, 0.1) is 0 Å². The zero-order valence-corrected chi connectivity index (χ0v) is 18.2. The molecule has 0 bridgehead atoms. The van der Waals surface area contributed by atoms with Gasteiger partial charge in [0.1, 0.15) is 5.92 Å². The Kier molecular flexibility index (Phi) is 10.3. The van der Waals surface area contributed by atoms with Gasteiger partial charge in [-0.25, -0.2) is 4.68 Å². The van der Waals surface area contributed by atoms with Crippen LogP contribution in [-0.4, -0.2) is 25.3 Å². The lowest BCUT2D eigenvalue weighted by atomic mass is 9.91. The van der Waals surface area contributed by atoms with Crippen LogP contribution in [0.2, 0.25) is 0 Å². The molecule has 0 fully saturated rings. The van der Waals surface area contributed by atoms with Gasteiger partial charge in [0.2, 0.25) is 5.12 Å². The Morgan fingerprint density at radius 3 is 2.18 bits per heavy atom. The number of carbonyl (C=O) groups is 1. The second kappa shape index (κ2) is 12.7. The number of tetrazole rings is 1. The van der Waals surface area contributed by atoms with Crippen LogP contribution in [0.25, 0.3) is 0 Å². The average Bonchev–Trinajstić information content (AvgIpc) is 3.10. The summed E-state index contributed by atoms with van der Waals surface area (Å²) in [6.45, 7) is 2.26. The van der Waals surface area contributed by atoms with Crippen LogP contribution < -0.4 is 0 Å². The fraction of sp³-hybridized carbons (Fsp3) is 0.636. The molecule has 0 N–H and O–H groups in total. The second-order valence-electron chi connectivity index (χ2n) is 7.56. The van der Waals surface area contributed by atoms with E-state index in [-0.39, 0.29) is 5.12 Å². The van der Waals surface area contributed by atoms with E-state index in [2.05, 4.69) is 41.1 Å². The van der Waals surface area contributed by atoms with Crippen LogP contribution in [0.1, 0.15) is 94.0 Å². The van der Waals surface area contributed by atoms with Gasteiger partial charge in [-0.1, -0.05) is 89.0 Å². The molecule has 0 spiro atoms. The third-order valence-corrected chi connectivity index (χ3v) is 5.58. The van der Waals surface area contributed by atoms with E-state index in [9.17, 15) is 4.79 Å². The molecule has 0 aliphatic carbocycles. The SMILES string of the molecule is CCCCCCCCCCCCc1ccccc1C(C(=O)S)c1nnnn1C. The first-order valence-electron chi connectivity index (χ1n) is 10.7. The van der Waals surface area contributed by atoms with Gasteiger partial charge in [-0.3, -0.25) is 4.79 Å². The van der Waals surface area contributed by atoms with Crippen LogP contribution in [0.4, 0.5) is 0 Å². The van der Waals surface area contributed by atoms with Gasteiger partial charge < -0.3 is 0 Å². The van der Waals surface area contributed by atoms with E-state index in [1.807, 2.05) is 18.2 Å². The summed E-state index contributed by atoms with van der Waals surface area (Å²) in [5.41, 5.74) is 2.16. The van der Waals surface area contributed by atoms with Crippen LogP contribution in [0, 0.1) is 0 Å². The smallest absolute Gasteiger partial charge is 0.201 e. The number of carbonyl (C=O) groups excluding carboxylic acids is 1. The molecule has 1 aromatic heterocycles. The van der Waals surface area contributed by atoms with Gasteiger partial charge in [0.25, 0.3) is 0 Å². The van der Waals surface area contributed by atoms with Crippen molar-refractivity contribution in [3.63, 3.8) is 0 Å². The maximum Gasteiger partial charge on any atom is 0.201 e. The molecular formula is C22H34N4OS. The summed E-state index contributed by atoms with van der Waals surface area (Å²) in [6.07, 6.45) is 14.1. The standard InChI is InChI=1S/C22H34N4OS/c1-3-4-5-6-7-8-9-10-11-12-15-18-16-13-14-17-19(18)20(22(27)28)21-23-24-25-26(21)2/h13-14,16-17,20H,3-12,15H2,1-2H3,(H,27,28). The second-order valence-corrected chi connectivity index (χ2v) is 8.00. The molecular weight excluding hydrogens is 368 g/mol.